The van der Waals surface area contributed by atoms with Gasteiger partial charge in [0.15, 0.2) is 0 Å². The summed E-state index contributed by atoms with van der Waals surface area (Å²) in [5.41, 5.74) is 7.49. The van der Waals surface area contributed by atoms with Crippen LogP contribution in [0.2, 0.25) is 0 Å². The van der Waals surface area contributed by atoms with E-state index >= 15 is 0 Å². The molecular weight excluding hydrogens is 486 g/mol. The predicted molar refractivity (Wildman–Crippen MR) is 136 cm³/mol. The first kappa shape index (κ1) is 27.5. The first-order valence-electron chi connectivity index (χ1n) is 11.8. The van der Waals surface area contributed by atoms with E-state index in [9.17, 15) is 29.4 Å². The fraction of sp³-hybridized carbons (Fsp3) is 0.500. The number of nitrogens with one attached hydrogen (secondary N) is 3. The molecule has 3 amide bonds. The van der Waals surface area contributed by atoms with Gasteiger partial charge in [-0.15, -0.1) is 0 Å². The van der Waals surface area contributed by atoms with Crippen molar-refractivity contribution in [2.24, 2.45) is 5.73 Å². The summed E-state index contributed by atoms with van der Waals surface area (Å²) < 4.78 is 0. The van der Waals surface area contributed by atoms with E-state index in [1.807, 2.05) is 30.5 Å². The van der Waals surface area contributed by atoms with Crippen molar-refractivity contribution in [2.45, 2.75) is 49.9 Å². The Kier molecular flexibility index (Phi) is 9.73. The van der Waals surface area contributed by atoms with Crippen molar-refractivity contribution in [3.8, 4) is 0 Å². The highest BCUT2D eigenvalue weighted by molar-refractivity contribution is 7.98. The van der Waals surface area contributed by atoms with E-state index in [-0.39, 0.29) is 13.0 Å². The van der Waals surface area contributed by atoms with Crippen LogP contribution in [0, 0.1) is 0 Å². The topological polar surface area (TPSA) is 178 Å². The molecule has 1 aliphatic heterocycles. The Labute approximate surface area is 213 Å². The number of amides is 3. The highest BCUT2D eigenvalue weighted by Gasteiger charge is 2.38. The molecule has 1 aromatic carbocycles. The second kappa shape index (κ2) is 12.7. The third-order valence-electron chi connectivity index (χ3n) is 6.32. The lowest BCUT2D eigenvalue weighted by atomic mass is 10.0. The summed E-state index contributed by atoms with van der Waals surface area (Å²) in [5, 5.41) is 25.3. The van der Waals surface area contributed by atoms with Crippen LogP contribution in [0.15, 0.2) is 30.5 Å². The van der Waals surface area contributed by atoms with E-state index < -0.39 is 54.5 Å². The maximum atomic E-state index is 13.5. The van der Waals surface area contributed by atoms with Gasteiger partial charge in [-0.2, -0.15) is 11.8 Å². The zero-order chi connectivity index (χ0) is 26.2. The van der Waals surface area contributed by atoms with Crippen LogP contribution >= 0.6 is 11.8 Å². The Morgan fingerprint density at radius 3 is 2.61 bits per heavy atom. The molecule has 0 spiro atoms. The number of thioether (sulfide) groups is 1. The number of nitrogens with two attached hydrogens (primary N) is 1. The summed E-state index contributed by atoms with van der Waals surface area (Å²) in [7, 11) is 0. The van der Waals surface area contributed by atoms with Crippen molar-refractivity contribution in [1.82, 2.24) is 20.5 Å². The minimum atomic E-state index is -1.31. The van der Waals surface area contributed by atoms with E-state index in [0.29, 0.717) is 25.0 Å². The third kappa shape index (κ3) is 6.56. The fourth-order valence-corrected chi connectivity index (χ4v) is 4.82. The molecule has 4 unspecified atom stereocenters. The van der Waals surface area contributed by atoms with Crippen molar-refractivity contribution in [1.29, 1.82) is 0 Å². The Morgan fingerprint density at radius 1 is 1.19 bits per heavy atom. The Balaban J connectivity index is 1.80. The lowest BCUT2D eigenvalue weighted by Gasteiger charge is -2.28. The molecule has 1 saturated heterocycles. The van der Waals surface area contributed by atoms with Crippen LogP contribution in [-0.2, 0) is 25.6 Å². The van der Waals surface area contributed by atoms with Crippen molar-refractivity contribution >= 4 is 46.4 Å². The minimum Gasteiger partial charge on any atom is -0.480 e. The smallest absolute Gasteiger partial charge is 0.326 e. The second-order valence-electron chi connectivity index (χ2n) is 8.78. The van der Waals surface area contributed by atoms with E-state index in [4.69, 9.17) is 5.73 Å². The number of aliphatic hydroxyl groups is 1. The number of benzene rings is 1. The average Bonchev–Trinajstić information content (AvgIpc) is 3.52. The first-order valence-corrected chi connectivity index (χ1v) is 13.2. The zero-order valence-electron chi connectivity index (χ0n) is 20.1. The van der Waals surface area contributed by atoms with Crippen LogP contribution in [0.4, 0.5) is 0 Å². The Bertz CT molecular complexity index is 1090. The molecule has 11 nitrogen and oxygen atoms in total. The summed E-state index contributed by atoms with van der Waals surface area (Å²) >= 11 is 1.53. The number of rotatable bonds is 12. The molecule has 0 bridgehead atoms. The standard InChI is InChI=1S/C24H33N5O6S/c1-36-10-8-16(25)21(31)28-19(13-30)22(32)27-18(23(33)29-9-4-7-20(29)24(34)35)11-14-12-26-17-6-3-2-5-15(14)17/h2-3,5-6,12,16,18-20,26,30H,4,7-11,13,25H2,1H3,(H,27,32)(H,28,31)(H,34,35). The molecule has 3 rings (SSSR count). The summed E-state index contributed by atoms with van der Waals surface area (Å²) in [6.07, 6.45) is 5.00. The number of H-pyrrole nitrogens is 1. The van der Waals surface area contributed by atoms with Crippen LogP contribution in [0.3, 0.4) is 0 Å². The van der Waals surface area contributed by atoms with Crippen LogP contribution in [-0.4, -0.2) is 93.1 Å². The molecule has 1 fully saturated rings. The number of carbonyl (C=O) groups excluding carboxylic acids is 3. The number of aliphatic hydroxyl groups excluding tert-OH is 1. The molecule has 4 atom stereocenters. The summed E-state index contributed by atoms with van der Waals surface area (Å²) in [6.45, 7) is -0.428. The number of likely N-dealkylation sites (tertiary alicyclic amines) is 1. The van der Waals surface area contributed by atoms with Gasteiger partial charge in [-0.3, -0.25) is 14.4 Å². The normalized spacial score (nSPS) is 18.0. The molecule has 1 aliphatic rings. The molecule has 196 valence electrons. The molecule has 0 radical (unpaired) electrons. The van der Waals surface area contributed by atoms with Gasteiger partial charge in [0.05, 0.1) is 12.6 Å². The number of nitrogens with zero attached hydrogens (tertiary/aromatic N) is 1. The second-order valence-corrected chi connectivity index (χ2v) is 9.77. The lowest BCUT2D eigenvalue weighted by molar-refractivity contribution is -0.149. The van der Waals surface area contributed by atoms with Gasteiger partial charge in [0.1, 0.15) is 18.1 Å². The number of aromatic amines is 1. The number of fused-ring (bicyclic) bond motifs is 1. The highest BCUT2D eigenvalue weighted by atomic mass is 32.2. The fourth-order valence-electron chi connectivity index (χ4n) is 4.33. The molecule has 2 aromatic rings. The number of para-hydroxylation sites is 1. The van der Waals surface area contributed by atoms with Gasteiger partial charge in [0.25, 0.3) is 0 Å². The Morgan fingerprint density at radius 2 is 1.92 bits per heavy atom. The molecule has 0 aliphatic carbocycles. The van der Waals surface area contributed by atoms with Gasteiger partial charge in [-0.25, -0.2) is 4.79 Å². The van der Waals surface area contributed by atoms with Crippen molar-refractivity contribution in [2.75, 3.05) is 25.2 Å². The van der Waals surface area contributed by atoms with Crippen molar-refractivity contribution < 1.29 is 29.4 Å². The molecular formula is C24H33N5O6S. The largest absolute Gasteiger partial charge is 0.480 e. The number of hydrogen-bond donors (Lipinski definition) is 6. The quantitative estimate of drug-likeness (QED) is 0.224. The average molecular weight is 520 g/mol. The lowest BCUT2D eigenvalue weighted by Crippen LogP contribution is -2.58. The van der Waals surface area contributed by atoms with Crippen molar-refractivity contribution in [3.63, 3.8) is 0 Å². The molecule has 36 heavy (non-hydrogen) atoms. The van der Waals surface area contributed by atoms with Crippen LogP contribution in [0.1, 0.15) is 24.8 Å². The van der Waals surface area contributed by atoms with Crippen LogP contribution in [0.5, 0.6) is 0 Å². The number of carboxylic acid groups (broad SMARTS) is 1. The molecule has 7 N–H and O–H groups in total. The van der Waals surface area contributed by atoms with Gasteiger partial charge in [-0.1, -0.05) is 18.2 Å². The van der Waals surface area contributed by atoms with Crippen LogP contribution in [0.25, 0.3) is 10.9 Å². The summed E-state index contributed by atoms with van der Waals surface area (Å²) in [4.78, 5) is 55.0. The molecule has 1 aromatic heterocycles. The number of carboxylic acids is 1. The van der Waals surface area contributed by atoms with Gasteiger partial charge >= 0.3 is 5.97 Å². The molecule has 2 heterocycles. The van der Waals surface area contributed by atoms with Gasteiger partial charge < -0.3 is 36.5 Å². The Hall–Kier alpha value is -3.09. The SMILES string of the molecule is CSCCC(N)C(=O)NC(CO)C(=O)NC(Cc1c[nH]c2ccccc12)C(=O)N1CCCC1C(=O)O. The molecule has 12 heteroatoms. The number of hydrogen-bond acceptors (Lipinski definition) is 7. The van der Waals surface area contributed by atoms with Crippen LogP contribution < -0.4 is 16.4 Å². The minimum absolute atomic E-state index is 0.0940. The first-order chi connectivity index (χ1) is 17.3. The van der Waals surface area contributed by atoms with E-state index in [2.05, 4.69) is 15.6 Å². The van der Waals surface area contributed by atoms with E-state index in [0.717, 1.165) is 16.5 Å². The van der Waals surface area contributed by atoms with E-state index in [1.165, 1.54) is 16.7 Å². The maximum Gasteiger partial charge on any atom is 0.326 e. The predicted octanol–water partition coefficient (Wildman–Crippen LogP) is -0.172. The van der Waals surface area contributed by atoms with Gasteiger partial charge in [-0.05, 0) is 42.9 Å². The third-order valence-corrected chi connectivity index (χ3v) is 6.96. The number of carbonyl (C=O) groups is 4. The maximum absolute atomic E-state index is 13.5. The molecule has 0 saturated carbocycles. The number of aromatic nitrogens is 1. The number of aliphatic carboxylic acids is 1. The van der Waals surface area contributed by atoms with Gasteiger partial charge in [0.2, 0.25) is 17.7 Å². The summed E-state index contributed by atoms with van der Waals surface area (Å²) in [6, 6.07) is 3.25. The van der Waals surface area contributed by atoms with Gasteiger partial charge in [0, 0.05) is 30.1 Å². The summed E-state index contributed by atoms with van der Waals surface area (Å²) in [5.74, 6) is -2.31. The van der Waals surface area contributed by atoms with Crippen molar-refractivity contribution in [3.05, 3.63) is 36.0 Å². The monoisotopic (exact) mass is 519 g/mol. The zero-order valence-corrected chi connectivity index (χ0v) is 20.9. The highest BCUT2D eigenvalue weighted by Crippen LogP contribution is 2.23. The van der Waals surface area contributed by atoms with E-state index in [1.54, 1.807) is 6.20 Å².